The quantitative estimate of drug-likeness (QED) is 0.352. The molecule has 0 fully saturated rings. The smallest absolute Gasteiger partial charge is 0.338 e. The number of Topliss-reactive ketones (excluding diaryl/α,β-unsaturated/α-hetero) is 1. The van der Waals surface area contributed by atoms with Crippen molar-refractivity contribution >= 4 is 28.5 Å². The molecule has 0 bridgehead atoms. The predicted molar refractivity (Wildman–Crippen MR) is 90.0 cm³/mol. The van der Waals surface area contributed by atoms with Gasteiger partial charge in [-0.3, -0.25) is 4.79 Å². The first-order valence-corrected chi connectivity index (χ1v) is 7.44. The highest BCUT2D eigenvalue weighted by molar-refractivity contribution is 6.12. The molecule has 24 heavy (non-hydrogen) atoms. The molecule has 2 aromatic carbocycles. The first kappa shape index (κ1) is 17.4. The number of carbonyl (C=O) groups is 3. The standard InChI is InChI=1S/C19H18O5/c1-12(2)18(21)23-10-11-24-19(22)17-9-5-7-15-14(13(3)20)6-4-8-16(15)17/h4-9H,1,10-11H2,2-3H3. The number of ketones is 1. The molecule has 5 heteroatoms. The number of fused-ring (bicyclic) bond motifs is 1. The van der Waals surface area contributed by atoms with Crippen molar-refractivity contribution in [1.29, 1.82) is 0 Å². The van der Waals surface area contributed by atoms with E-state index in [1.807, 2.05) is 0 Å². The second-order valence-electron chi connectivity index (χ2n) is 5.31. The number of rotatable bonds is 6. The molecule has 0 saturated carbocycles. The maximum Gasteiger partial charge on any atom is 0.338 e. The normalized spacial score (nSPS) is 10.2. The van der Waals surface area contributed by atoms with Gasteiger partial charge in [0.25, 0.3) is 0 Å². The Balaban J connectivity index is 2.13. The van der Waals surface area contributed by atoms with Crippen molar-refractivity contribution in [2.24, 2.45) is 0 Å². The van der Waals surface area contributed by atoms with E-state index < -0.39 is 11.9 Å². The van der Waals surface area contributed by atoms with Crippen molar-refractivity contribution in [3.63, 3.8) is 0 Å². The van der Waals surface area contributed by atoms with Crippen molar-refractivity contribution < 1.29 is 23.9 Å². The van der Waals surface area contributed by atoms with Crippen molar-refractivity contribution in [3.05, 3.63) is 59.7 Å². The van der Waals surface area contributed by atoms with E-state index in [1.165, 1.54) is 13.8 Å². The van der Waals surface area contributed by atoms with Crippen LogP contribution in [0.5, 0.6) is 0 Å². The largest absolute Gasteiger partial charge is 0.459 e. The molecule has 2 aromatic rings. The zero-order valence-corrected chi connectivity index (χ0v) is 13.6. The summed E-state index contributed by atoms with van der Waals surface area (Å²) in [4.78, 5) is 35.2. The summed E-state index contributed by atoms with van der Waals surface area (Å²) in [5.41, 5.74) is 1.20. The van der Waals surface area contributed by atoms with E-state index in [2.05, 4.69) is 6.58 Å². The van der Waals surface area contributed by atoms with Gasteiger partial charge in [0.1, 0.15) is 13.2 Å². The fourth-order valence-corrected chi connectivity index (χ4v) is 2.26. The van der Waals surface area contributed by atoms with E-state index in [0.29, 0.717) is 21.9 Å². The molecule has 0 aromatic heterocycles. The molecule has 0 unspecified atom stereocenters. The summed E-state index contributed by atoms with van der Waals surface area (Å²) in [6.07, 6.45) is 0. The predicted octanol–water partition coefficient (Wildman–Crippen LogP) is 3.32. The Morgan fingerprint density at radius 1 is 0.875 bits per heavy atom. The molecule has 0 atom stereocenters. The van der Waals surface area contributed by atoms with Gasteiger partial charge in [0.15, 0.2) is 5.78 Å². The monoisotopic (exact) mass is 326 g/mol. The molecule has 0 aliphatic heterocycles. The Kier molecular flexibility index (Phi) is 5.47. The minimum absolute atomic E-state index is 0.0408. The van der Waals surface area contributed by atoms with Crippen LogP contribution in [0, 0.1) is 0 Å². The lowest BCUT2D eigenvalue weighted by Gasteiger charge is -2.10. The molecule has 0 amide bonds. The Morgan fingerprint density at radius 2 is 1.42 bits per heavy atom. The van der Waals surface area contributed by atoms with Crippen molar-refractivity contribution in [2.45, 2.75) is 13.8 Å². The summed E-state index contributed by atoms with van der Waals surface area (Å²) in [5.74, 6) is -1.13. The van der Waals surface area contributed by atoms with Gasteiger partial charge in [-0.2, -0.15) is 0 Å². The summed E-state index contributed by atoms with van der Waals surface area (Å²) in [6.45, 7) is 6.39. The van der Waals surface area contributed by atoms with Crippen LogP contribution >= 0.6 is 0 Å². The van der Waals surface area contributed by atoms with Crippen LogP contribution in [0.15, 0.2) is 48.6 Å². The maximum absolute atomic E-state index is 12.3. The van der Waals surface area contributed by atoms with E-state index in [0.717, 1.165) is 0 Å². The second kappa shape index (κ2) is 7.55. The van der Waals surface area contributed by atoms with E-state index in [9.17, 15) is 14.4 Å². The van der Waals surface area contributed by atoms with Crippen LogP contribution in [0.1, 0.15) is 34.6 Å². The van der Waals surface area contributed by atoms with Gasteiger partial charge in [-0.05, 0) is 30.7 Å². The Hall–Kier alpha value is -2.95. The molecule has 2 rings (SSSR count). The minimum Gasteiger partial charge on any atom is -0.459 e. The van der Waals surface area contributed by atoms with Crippen LogP contribution in [0.2, 0.25) is 0 Å². The highest BCUT2D eigenvalue weighted by atomic mass is 16.6. The van der Waals surface area contributed by atoms with Crippen LogP contribution in [-0.2, 0) is 14.3 Å². The molecule has 124 valence electrons. The summed E-state index contributed by atoms with van der Waals surface area (Å²) in [7, 11) is 0. The third-order valence-electron chi connectivity index (χ3n) is 3.42. The number of esters is 2. The number of ether oxygens (including phenoxy) is 2. The fourth-order valence-electron chi connectivity index (χ4n) is 2.26. The van der Waals surface area contributed by atoms with Crippen LogP contribution in [0.4, 0.5) is 0 Å². The maximum atomic E-state index is 12.3. The first-order valence-electron chi connectivity index (χ1n) is 7.44. The molecule has 0 saturated heterocycles. The summed E-state index contributed by atoms with van der Waals surface area (Å²) in [5, 5.41) is 1.35. The minimum atomic E-state index is -0.535. The average molecular weight is 326 g/mol. The second-order valence-corrected chi connectivity index (χ2v) is 5.31. The highest BCUT2D eigenvalue weighted by Gasteiger charge is 2.14. The van der Waals surface area contributed by atoms with E-state index in [4.69, 9.17) is 9.47 Å². The number of carbonyl (C=O) groups excluding carboxylic acids is 3. The highest BCUT2D eigenvalue weighted by Crippen LogP contribution is 2.23. The van der Waals surface area contributed by atoms with Gasteiger partial charge >= 0.3 is 11.9 Å². The molecular formula is C19H18O5. The van der Waals surface area contributed by atoms with Gasteiger partial charge < -0.3 is 9.47 Å². The topological polar surface area (TPSA) is 69.7 Å². The summed E-state index contributed by atoms with van der Waals surface area (Å²) >= 11 is 0. The third kappa shape index (κ3) is 3.87. The van der Waals surface area contributed by atoms with Crippen LogP contribution in [0.25, 0.3) is 10.8 Å². The lowest BCUT2D eigenvalue weighted by atomic mass is 9.98. The van der Waals surface area contributed by atoms with Gasteiger partial charge in [-0.15, -0.1) is 0 Å². The zero-order valence-electron chi connectivity index (χ0n) is 13.6. The van der Waals surface area contributed by atoms with Crippen molar-refractivity contribution in [2.75, 3.05) is 13.2 Å². The first-order chi connectivity index (χ1) is 11.4. The van der Waals surface area contributed by atoms with E-state index >= 15 is 0 Å². The fraction of sp³-hybridized carbons (Fsp3) is 0.211. The molecule has 0 heterocycles. The summed E-state index contributed by atoms with van der Waals surface area (Å²) < 4.78 is 10.0. The van der Waals surface area contributed by atoms with E-state index in [1.54, 1.807) is 36.4 Å². The Bertz CT molecular complexity index is 820. The van der Waals surface area contributed by atoms with Gasteiger partial charge in [0.2, 0.25) is 0 Å². The van der Waals surface area contributed by atoms with Crippen molar-refractivity contribution in [1.82, 2.24) is 0 Å². The van der Waals surface area contributed by atoms with Gasteiger partial charge in [0.05, 0.1) is 5.56 Å². The molecule has 5 nitrogen and oxygen atoms in total. The number of benzene rings is 2. The number of hydrogen-bond donors (Lipinski definition) is 0. The van der Waals surface area contributed by atoms with E-state index in [-0.39, 0.29) is 24.6 Å². The van der Waals surface area contributed by atoms with Gasteiger partial charge in [-0.25, -0.2) is 9.59 Å². The molecule has 0 spiro atoms. The van der Waals surface area contributed by atoms with Crippen molar-refractivity contribution in [3.8, 4) is 0 Å². The molecule has 0 N–H and O–H groups in total. The molecule has 0 radical (unpaired) electrons. The number of hydrogen-bond acceptors (Lipinski definition) is 5. The Morgan fingerprint density at radius 3 is 2.00 bits per heavy atom. The summed E-state index contributed by atoms with van der Waals surface area (Å²) in [6, 6.07) is 10.3. The lowest BCUT2D eigenvalue weighted by Crippen LogP contribution is -2.14. The van der Waals surface area contributed by atoms with Crippen LogP contribution < -0.4 is 0 Å². The Labute approximate surface area is 139 Å². The van der Waals surface area contributed by atoms with Crippen LogP contribution in [-0.4, -0.2) is 30.9 Å². The molecule has 0 aliphatic rings. The SMILES string of the molecule is C=C(C)C(=O)OCCOC(=O)c1cccc2c(C(C)=O)cccc12. The van der Waals surface area contributed by atoms with Crippen LogP contribution in [0.3, 0.4) is 0 Å². The molecule has 0 aliphatic carbocycles. The van der Waals surface area contributed by atoms with Gasteiger partial charge in [-0.1, -0.05) is 36.9 Å². The zero-order chi connectivity index (χ0) is 17.7. The molecular weight excluding hydrogens is 308 g/mol. The van der Waals surface area contributed by atoms with Gasteiger partial charge in [0, 0.05) is 11.1 Å². The third-order valence-corrected chi connectivity index (χ3v) is 3.42. The lowest BCUT2D eigenvalue weighted by molar-refractivity contribution is -0.140. The average Bonchev–Trinajstić information content (AvgIpc) is 2.56.